The number of aliphatic carboxylic acids is 1. The maximum Gasteiger partial charge on any atom is 0.337 e. The predicted octanol–water partition coefficient (Wildman–Crippen LogP) is 15.4. The van der Waals surface area contributed by atoms with E-state index in [0.717, 1.165) is 72.8 Å². The van der Waals surface area contributed by atoms with E-state index in [1.165, 1.54) is 72.8 Å². The number of nitrogens with one attached hydrogen (secondary N) is 6. The average Bonchev–Trinajstić information content (AvgIpc) is 0.827. The highest BCUT2D eigenvalue weighted by Gasteiger charge is 2.26. The van der Waals surface area contributed by atoms with Gasteiger partial charge in [0.15, 0.2) is 0 Å². The summed E-state index contributed by atoms with van der Waals surface area (Å²) in [6.07, 6.45) is -0.283. The quantitative estimate of drug-likeness (QED) is 0.00420. The molecule has 0 bridgehead atoms. The van der Waals surface area contributed by atoms with E-state index in [1.807, 2.05) is 0 Å². The lowest BCUT2D eigenvalue weighted by molar-refractivity contribution is -0.432. The number of aromatic nitrogens is 6. The van der Waals surface area contributed by atoms with Crippen LogP contribution in [-0.2, 0) is 43.8 Å². The van der Waals surface area contributed by atoms with Gasteiger partial charge in [-0.3, -0.25) is 9.11 Å². The van der Waals surface area contributed by atoms with Crippen molar-refractivity contribution in [3.05, 3.63) is 190 Å². The van der Waals surface area contributed by atoms with E-state index in [1.54, 1.807) is 0 Å². The number of ether oxygens (including phenoxy) is 4. The molecule has 0 aliphatic rings. The SMILES string of the molecule is O=C(O)c1ccc(C(=O)O)c(N=Nc2ccc(Nc3nc(NCCCCC(Nc4nc(Nc5ccc(N=Nc6cc(C(=O)O)ccc6C(=O)O)cc5OCCCSOOO)nc(Nc5ccc(N=Nc6cc(C(=O)O)ccc6C(=O)O)cc5OCCCS(=O)(=O)O)n4)C(=O)O)nc(Nc4ccc(N=Nc5cc(C(=O)O)ccc5C(=O)O)cc4OCCCS(=O)(=O)O)n3)c(OCCCSOOO)c2)c1. The molecule has 138 heavy (non-hydrogen) atoms. The summed E-state index contributed by atoms with van der Waals surface area (Å²) in [6.45, 7) is -1.08. The lowest BCUT2D eigenvalue weighted by Crippen LogP contribution is -2.30. The number of rotatable bonds is 57. The Morgan fingerprint density at radius 1 is 0.333 bits per heavy atom. The lowest BCUT2D eigenvalue weighted by atomic mass is 10.1. The number of carbonyl (C=O) groups is 9. The molecule has 724 valence electrons. The maximum atomic E-state index is 13.5. The van der Waals surface area contributed by atoms with Crippen LogP contribution in [0.1, 0.15) is 128 Å². The largest absolute Gasteiger partial charge is 0.491 e. The van der Waals surface area contributed by atoms with Gasteiger partial charge in [0.25, 0.3) is 20.2 Å². The van der Waals surface area contributed by atoms with Gasteiger partial charge in [-0.15, -0.1) is 29.1 Å². The first-order chi connectivity index (χ1) is 65.9. The molecular weight excluding hydrogens is 1910 g/mol. The van der Waals surface area contributed by atoms with Crippen LogP contribution >= 0.6 is 24.1 Å². The van der Waals surface area contributed by atoms with E-state index in [9.17, 15) is 115 Å². The Bertz CT molecular complexity index is 6570. The molecule has 0 radical (unpaired) electrons. The van der Waals surface area contributed by atoms with E-state index in [4.69, 9.17) is 29.5 Å². The fourth-order valence-corrected chi connectivity index (χ4v) is 13.2. The molecule has 0 saturated heterocycles. The maximum absolute atomic E-state index is 13.5. The Labute approximate surface area is 784 Å². The number of aromatic carboxylic acids is 8. The van der Waals surface area contributed by atoms with Gasteiger partial charge in [-0.2, -0.15) is 67.2 Å². The molecule has 10 rings (SSSR count). The third-order valence-corrected chi connectivity index (χ3v) is 20.8. The number of nitrogens with zero attached hydrogens (tertiary/aromatic N) is 14. The highest BCUT2D eigenvalue weighted by molar-refractivity contribution is 7.94. The van der Waals surface area contributed by atoms with Gasteiger partial charge in [0.05, 0.1) is 128 Å². The summed E-state index contributed by atoms with van der Waals surface area (Å²) in [6, 6.07) is 26.5. The Hall–Kier alpha value is -16.3. The summed E-state index contributed by atoms with van der Waals surface area (Å²) in [4.78, 5) is 137. The zero-order chi connectivity index (χ0) is 99.6. The number of hydrogen-bond acceptors (Lipinski definition) is 45. The minimum atomic E-state index is -4.54. The minimum Gasteiger partial charge on any atom is -0.491 e. The summed E-state index contributed by atoms with van der Waals surface area (Å²) in [7, 11) is -9.06. The molecule has 10 aromatic rings. The summed E-state index contributed by atoms with van der Waals surface area (Å²) in [5.74, 6) is -16.6. The Morgan fingerprint density at radius 2 is 0.616 bits per heavy atom. The van der Waals surface area contributed by atoms with Crippen LogP contribution in [0.4, 0.5) is 104 Å². The van der Waals surface area contributed by atoms with E-state index in [-0.39, 0.29) is 214 Å². The number of hydrogen-bond donors (Lipinski definition) is 19. The second kappa shape index (κ2) is 50.1. The molecule has 1 atom stereocenters. The highest BCUT2D eigenvalue weighted by atomic mass is 32.2. The van der Waals surface area contributed by atoms with Crippen LogP contribution < -0.4 is 50.8 Å². The van der Waals surface area contributed by atoms with E-state index in [2.05, 4.69) is 121 Å². The monoisotopic (exact) mass is 1990 g/mol. The first-order valence-electron chi connectivity index (χ1n) is 39.6. The topological polar surface area (TPSA) is 807 Å². The normalized spacial score (nSPS) is 11.7. The first-order valence-corrected chi connectivity index (χ1v) is 44.6. The molecule has 1 unspecified atom stereocenters. The Morgan fingerprint density at radius 3 is 0.884 bits per heavy atom. The van der Waals surface area contributed by atoms with Crippen LogP contribution in [-0.4, -0.2) is 228 Å². The van der Waals surface area contributed by atoms with Crippen molar-refractivity contribution in [1.82, 2.24) is 29.9 Å². The number of unbranched alkanes of at least 4 members (excludes halogenated alkanes) is 1. The fourth-order valence-electron chi connectivity index (χ4n) is 11.6. The predicted molar refractivity (Wildman–Crippen MR) is 482 cm³/mol. The van der Waals surface area contributed by atoms with Gasteiger partial charge in [0.1, 0.15) is 51.8 Å². The Balaban J connectivity index is 1.00. The second-order valence-electron chi connectivity index (χ2n) is 27.8. The van der Waals surface area contributed by atoms with Crippen LogP contribution in [0.2, 0.25) is 0 Å². The zero-order valence-electron chi connectivity index (χ0n) is 70.5. The molecule has 2 heterocycles. The molecule has 8 aromatic carbocycles. The van der Waals surface area contributed by atoms with Crippen LogP contribution in [0.15, 0.2) is 187 Å². The van der Waals surface area contributed by atoms with E-state index < -0.39 is 139 Å². The van der Waals surface area contributed by atoms with Crippen molar-refractivity contribution in [2.24, 2.45) is 40.9 Å². The van der Waals surface area contributed by atoms with Crippen molar-refractivity contribution in [3.63, 3.8) is 0 Å². The van der Waals surface area contributed by atoms with Crippen molar-refractivity contribution in [2.45, 2.75) is 51.0 Å². The summed E-state index contributed by atoms with van der Waals surface area (Å²) >= 11 is 1.41. The Kier molecular flexibility index (Phi) is 37.7. The molecule has 0 aliphatic carbocycles. The molecule has 0 spiro atoms. The number of carboxylic acids is 9. The summed E-state index contributed by atoms with van der Waals surface area (Å²) in [5.41, 5.74) is -4.44. The van der Waals surface area contributed by atoms with Gasteiger partial charge in [0.2, 0.25) is 35.7 Å². The molecule has 0 saturated carbocycles. The fraction of sp³-hybridized carbons (Fsp3) is 0.212. The van der Waals surface area contributed by atoms with Gasteiger partial charge in [-0.25, -0.2) is 53.7 Å². The average molecular weight is 1990 g/mol. The van der Waals surface area contributed by atoms with Crippen molar-refractivity contribution < 1.29 is 163 Å². The zero-order valence-corrected chi connectivity index (χ0v) is 73.8. The molecule has 0 aliphatic heterocycles. The van der Waals surface area contributed by atoms with Crippen LogP contribution in [0.25, 0.3) is 0 Å². The van der Waals surface area contributed by atoms with Gasteiger partial charge in [-0.1, -0.05) is 10.1 Å². The molecule has 54 nitrogen and oxygen atoms in total. The smallest absolute Gasteiger partial charge is 0.337 e. The van der Waals surface area contributed by atoms with Gasteiger partial charge in [-0.05, 0) is 166 Å². The van der Waals surface area contributed by atoms with Gasteiger partial charge in [0, 0.05) is 66.4 Å². The van der Waals surface area contributed by atoms with E-state index >= 15 is 0 Å². The van der Waals surface area contributed by atoms with Crippen LogP contribution in [0.3, 0.4) is 0 Å². The molecule has 0 amide bonds. The standard InChI is InChI=1S/C80H76N20O34S4/c101-66(102)41-8-16-49(70(109)110)58(33-41)97-93-45-12-20-53(62(37-45)127-25-3-29-135-133-131-119)82-76-87-75(88-77(89-76)83-55-22-14-47(39-64(55)129-27-5-31-137(121,122)123)95-99-60-35-43(68(105)106)10-18-51(60)72(113)114)81-24-2-1-7-57(74(117)118)86-80-91-78(84-54-21-13-46(38-63(54)128-26-4-30-136-134-132-120)94-98-59-34-42(67(103)104)9-17-50(59)71(111)112)90-79(92-80)85-56-23-15-48(40-65(56)130-28-6-32-138(124,125)126)96-100-61-36-44(69(107)108)11-19-52(61)73(115)116/h8-23,33-40,57,119-120H,1-7,24-32H2,(H,101,102)(H,103,104)(H,105,106)(H,107,108)(H,109,110)(H,111,112)(H,113,114)(H,115,116)(H,117,118)(H,121,122,123)(H,124,125,126)(H3,81,82,83,87,88,89)(H3,84,85,86,90,91,92). The van der Waals surface area contributed by atoms with Crippen molar-refractivity contribution >= 4 is 202 Å². The number of anilines is 10. The third-order valence-electron chi connectivity index (χ3n) is 17.9. The van der Waals surface area contributed by atoms with Crippen molar-refractivity contribution in [1.29, 1.82) is 0 Å². The van der Waals surface area contributed by atoms with Crippen molar-refractivity contribution in [3.8, 4) is 23.0 Å². The minimum absolute atomic E-state index is 0.00156. The number of carboxylic acid groups (broad SMARTS) is 9. The van der Waals surface area contributed by atoms with E-state index in [0.29, 0.717) is 24.1 Å². The highest BCUT2D eigenvalue weighted by Crippen LogP contribution is 2.40. The summed E-state index contributed by atoms with van der Waals surface area (Å²) < 4.78 is 99.7. The summed E-state index contributed by atoms with van der Waals surface area (Å²) in [5, 5.41) is 164. The van der Waals surface area contributed by atoms with Crippen LogP contribution in [0.5, 0.6) is 23.0 Å². The number of benzene rings is 8. The lowest BCUT2D eigenvalue weighted by Gasteiger charge is -2.18. The van der Waals surface area contributed by atoms with Gasteiger partial charge >= 0.3 is 53.7 Å². The molecule has 19 N–H and O–H groups in total. The molecular formula is C80H76N20O34S4. The van der Waals surface area contributed by atoms with Gasteiger partial charge < -0.3 is 96.8 Å². The number of azo groups is 4. The molecule has 0 fully saturated rings. The first kappa shape index (κ1) is 104. The van der Waals surface area contributed by atoms with Crippen LogP contribution in [0, 0.1) is 0 Å². The van der Waals surface area contributed by atoms with Crippen molar-refractivity contribution in [2.75, 3.05) is 87.9 Å². The third kappa shape index (κ3) is 32.5. The molecule has 2 aromatic heterocycles. The second-order valence-corrected chi connectivity index (χ2v) is 32.5. The molecule has 58 heteroatoms.